The number of fused-ring (bicyclic) bond motifs is 1. The first kappa shape index (κ1) is 17.4. The summed E-state index contributed by atoms with van der Waals surface area (Å²) < 4.78 is 1.71. The summed E-state index contributed by atoms with van der Waals surface area (Å²) in [7, 11) is 0. The number of aromatic nitrogens is 4. The van der Waals surface area contributed by atoms with Gasteiger partial charge in [0.05, 0.1) is 11.4 Å². The summed E-state index contributed by atoms with van der Waals surface area (Å²) in [5.41, 5.74) is 3.27. The van der Waals surface area contributed by atoms with Crippen LogP contribution in [0.15, 0.2) is 72.3 Å². The summed E-state index contributed by atoms with van der Waals surface area (Å²) in [6.45, 7) is 0.604. The van der Waals surface area contributed by atoms with E-state index in [1.165, 1.54) is 22.7 Å². The van der Waals surface area contributed by atoms with Crippen LogP contribution in [0.25, 0.3) is 16.6 Å². The lowest BCUT2D eigenvalue weighted by molar-refractivity contribution is -0.118. The Bertz CT molecular complexity index is 1040. The number of benzene rings is 2. The number of nitrogens with zero attached hydrogens (tertiary/aromatic N) is 3. The first-order chi connectivity index (χ1) is 13.3. The van der Waals surface area contributed by atoms with Crippen LogP contribution in [0, 0.1) is 0 Å². The van der Waals surface area contributed by atoms with Gasteiger partial charge >= 0.3 is 0 Å². The predicted molar refractivity (Wildman–Crippen MR) is 107 cm³/mol. The van der Waals surface area contributed by atoms with Crippen molar-refractivity contribution >= 4 is 28.6 Å². The lowest BCUT2D eigenvalue weighted by Crippen LogP contribution is -2.27. The van der Waals surface area contributed by atoms with E-state index < -0.39 is 0 Å². The fourth-order valence-electron chi connectivity index (χ4n) is 2.88. The number of thioether (sulfide) groups is 1. The van der Waals surface area contributed by atoms with Crippen molar-refractivity contribution in [1.29, 1.82) is 0 Å². The van der Waals surface area contributed by atoms with Crippen molar-refractivity contribution in [1.82, 2.24) is 25.1 Å². The van der Waals surface area contributed by atoms with E-state index in [4.69, 9.17) is 0 Å². The molecule has 2 N–H and O–H groups in total. The van der Waals surface area contributed by atoms with Crippen LogP contribution in [0.3, 0.4) is 0 Å². The molecule has 0 atom stereocenters. The number of H-pyrrole nitrogens is 1. The molecule has 2 aromatic heterocycles. The maximum atomic E-state index is 12.1. The molecule has 0 unspecified atom stereocenters. The molecule has 0 aliphatic carbocycles. The molecule has 0 fully saturated rings. The van der Waals surface area contributed by atoms with Gasteiger partial charge in [-0.3, -0.25) is 4.79 Å². The Kier molecular flexibility index (Phi) is 5.20. The fourth-order valence-corrected chi connectivity index (χ4v) is 3.50. The molecular weight excluding hydrogens is 358 g/mol. The Balaban J connectivity index is 1.25. The summed E-state index contributed by atoms with van der Waals surface area (Å²) in [5, 5.41) is 9.14. The monoisotopic (exact) mass is 377 g/mol. The molecular formula is C20H19N5OS. The van der Waals surface area contributed by atoms with E-state index in [1.807, 2.05) is 48.7 Å². The minimum absolute atomic E-state index is 0.0177. The van der Waals surface area contributed by atoms with Crippen molar-refractivity contribution < 1.29 is 4.79 Å². The van der Waals surface area contributed by atoms with Gasteiger partial charge in [0, 0.05) is 23.6 Å². The van der Waals surface area contributed by atoms with Crippen LogP contribution in [0.5, 0.6) is 0 Å². The molecule has 1 amide bonds. The molecule has 0 aliphatic rings. The Morgan fingerprint density at radius 2 is 1.93 bits per heavy atom. The lowest BCUT2D eigenvalue weighted by Gasteiger charge is -2.04. The van der Waals surface area contributed by atoms with Gasteiger partial charge in [0.2, 0.25) is 11.1 Å². The second-order valence-electron chi connectivity index (χ2n) is 6.06. The average Bonchev–Trinajstić information content (AvgIpc) is 3.35. The van der Waals surface area contributed by atoms with Crippen LogP contribution < -0.4 is 5.32 Å². The molecule has 4 rings (SSSR count). The Morgan fingerprint density at radius 3 is 2.81 bits per heavy atom. The third kappa shape index (κ3) is 4.20. The molecule has 136 valence electrons. The zero-order valence-electron chi connectivity index (χ0n) is 14.6. The molecule has 2 heterocycles. The fraction of sp³-hybridized carbons (Fsp3) is 0.150. The van der Waals surface area contributed by atoms with E-state index in [9.17, 15) is 4.79 Å². The van der Waals surface area contributed by atoms with Crippen LogP contribution in [0.1, 0.15) is 5.56 Å². The van der Waals surface area contributed by atoms with Crippen LogP contribution in [-0.2, 0) is 11.2 Å². The van der Waals surface area contributed by atoms with Crippen LogP contribution >= 0.6 is 11.8 Å². The molecule has 0 aliphatic heterocycles. The summed E-state index contributed by atoms with van der Waals surface area (Å²) >= 11 is 1.33. The van der Waals surface area contributed by atoms with Gasteiger partial charge < -0.3 is 10.3 Å². The maximum absolute atomic E-state index is 12.1. The second-order valence-corrected chi connectivity index (χ2v) is 7.00. The van der Waals surface area contributed by atoms with Crippen molar-refractivity contribution in [3.63, 3.8) is 0 Å². The minimum Gasteiger partial charge on any atom is -0.361 e. The standard InChI is InChI=1S/C20H19N5OS/c26-19(21-11-10-15-12-22-18-9-5-4-8-17(15)18)13-27-20-23-14-25(24-20)16-6-2-1-3-7-16/h1-9,12,14,22H,10-11,13H2,(H,21,26). The van der Waals surface area contributed by atoms with Crippen molar-refractivity contribution in [2.45, 2.75) is 11.6 Å². The minimum atomic E-state index is -0.0177. The SMILES string of the molecule is O=C(CSc1ncn(-c2ccccc2)n1)NCCc1c[nH]c2ccccc12. The molecule has 2 aromatic carbocycles. The van der Waals surface area contributed by atoms with Gasteiger partial charge in [0.15, 0.2) is 0 Å². The smallest absolute Gasteiger partial charge is 0.230 e. The van der Waals surface area contributed by atoms with E-state index >= 15 is 0 Å². The highest BCUT2D eigenvalue weighted by Crippen LogP contribution is 2.18. The summed E-state index contributed by atoms with van der Waals surface area (Å²) in [5.74, 6) is 0.281. The molecule has 27 heavy (non-hydrogen) atoms. The van der Waals surface area contributed by atoms with E-state index in [0.717, 1.165) is 17.6 Å². The largest absolute Gasteiger partial charge is 0.361 e. The van der Waals surface area contributed by atoms with Gasteiger partial charge in [0.1, 0.15) is 6.33 Å². The summed E-state index contributed by atoms with van der Waals surface area (Å²) in [6, 6.07) is 17.9. The van der Waals surface area contributed by atoms with Gasteiger partial charge in [-0.15, -0.1) is 5.10 Å². The lowest BCUT2D eigenvalue weighted by atomic mass is 10.1. The predicted octanol–water partition coefficient (Wildman–Crippen LogP) is 3.20. The van der Waals surface area contributed by atoms with Crippen LogP contribution in [0.4, 0.5) is 0 Å². The van der Waals surface area contributed by atoms with Gasteiger partial charge in [-0.1, -0.05) is 48.2 Å². The van der Waals surface area contributed by atoms with Crippen molar-refractivity contribution in [3.8, 4) is 5.69 Å². The van der Waals surface area contributed by atoms with E-state index in [0.29, 0.717) is 17.5 Å². The second kappa shape index (κ2) is 8.09. The molecule has 0 saturated carbocycles. The number of para-hydroxylation sites is 2. The van der Waals surface area contributed by atoms with E-state index in [-0.39, 0.29) is 5.91 Å². The van der Waals surface area contributed by atoms with Crippen LogP contribution in [-0.4, -0.2) is 38.0 Å². The van der Waals surface area contributed by atoms with Gasteiger partial charge in [0.25, 0.3) is 0 Å². The van der Waals surface area contributed by atoms with Gasteiger partial charge in [-0.25, -0.2) is 9.67 Å². The highest BCUT2D eigenvalue weighted by molar-refractivity contribution is 7.99. The molecule has 0 spiro atoms. The van der Waals surface area contributed by atoms with Crippen molar-refractivity contribution in [2.24, 2.45) is 0 Å². The summed E-state index contributed by atoms with van der Waals surface area (Å²) in [6.07, 6.45) is 4.46. The zero-order valence-corrected chi connectivity index (χ0v) is 15.4. The number of nitrogens with one attached hydrogen (secondary N) is 2. The average molecular weight is 377 g/mol. The first-order valence-electron chi connectivity index (χ1n) is 8.71. The summed E-state index contributed by atoms with van der Waals surface area (Å²) in [4.78, 5) is 19.6. The number of carbonyl (C=O) groups is 1. The molecule has 0 radical (unpaired) electrons. The third-order valence-corrected chi connectivity index (χ3v) is 5.07. The third-order valence-electron chi connectivity index (χ3n) is 4.22. The van der Waals surface area contributed by atoms with Gasteiger partial charge in [-0.05, 0) is 30.2 Å². The highest BCUT2D eigenvalue weighted by atomic mass is 32.2. The number of hydrogen-bond donors (Lipinski definition) is 2. The van der Waals surface area contributed by atoms with E-state index in [2.05, 4.69) is 32.5 Å². The topological polar surface area (TPSA) is 75.6 Å². The Hall–Kier alpha value is -3.06. The van der Waals surface area contributed by atoms with Crippen molar-refractivity contribution in [2.75, 3.05) is 12.3 Å². The first-order valence-corrected chi connectivity index (χ1v) is 9.70. The molecule has 6 nitrogen and oxygen atoms in total. The van der Waals surface area contributed by atoms with Crippen molar-refractivity contribution in [3.05, 3.63) is 72.7 Å². The Labute approximate surface area is 161 Å². The van der Waals surface area contributed by atoms with E-state index in [1.54, 1.807) is 11.0 Å². The van der Waals surface area contributed by atoms with Crippen LogP contribution in [0.2, 0.25) is 0 Å². The molecule has 0 bridgehead atoms. The molecule has 0 saturated heterocycles. The zero-order chi connectivity index (χ0) is 18.5. The number of hydrogen-bond acceptors (Lipinski definition) is 4. The number of rotatable bonds is 7. The number of carbonyl (C=O) groups excluding carboxylic acids is 1. The maximum Gasteiger partial charge on any atom is 0.230 e. The normalized spacial score (nSPS) is 11.0. The highest BCUT2D eigenvalue weighted by Gasteiger charge is 2.08. The molecule has 4 aromatic rings. The quantitative estimate of drug-likeness (QED) is 0.485. The number of aromatic amines is 1. The molecule has 7 heteroatoms. The Morgan fingerprint density at radius 1 is 1.11 bits per heavy atom. The van der Waals surface area contributed by atoms with Gasteiger partial charge in [-0.2, -0.15) is 0 Å². The number of amides is 1.